The zero-order valence-electron chi connectivity index (χ0n) is 8.91. The van der Waals surface area contributed by atoms with E-state index in [1.165, 1.54) is 12.1 Å². The number of aliphatic carboxylic acids is 1. The monoisotopic (exact) mass is 240 g/mol. The van der Waals surface area contributed by atoms with Crippen molar-refractivity contribution in [1.29, 1.82) is 0 Å². The predicted octanol–water partition coefficient (Wildman–Crippen LogP) is 0.523. The van der Waals surface area contributed by atoms with E-state index in [2.05, 4.69) is 0 Å². The van der Waals surface area contributed by atoms with E-state index in [0.717, 1.165) is 0 Å². The van der Waals surface area contributed by atoms with Gasteiger partial charge in [-0.1, -0.05) is 0 Å². The standard InChI is InChI=1S/C10H12N2O5/c11-9(10(13)14)6-17-5-7-1-3-8(4-2-7)12(15)16/h1-4,9H,5-6,11H2,(H,13,14). The molecule has 0 spiro atoms. The molecule has 17 heavy (non-hydrogen) atoms. The van der Waals surface area contributed by atoms with Gasteiger partial charge in [-0.3, -0.25) is 14.9 Å². The molecule has 7 nitrogen and oxygen atoms in total. The van der Waals surface area contributed by atoms with E-state index in [9.17, 15) is 14.9 Å². The molecule has 0 amide bonds. The van der Waals surface area contributed by atoms with E-state index < -0.39 is 16.9 Å². The largest absolute Gasteiger partial charge is 0.480 e. The van der Waals surface area contributed by atoms with Crippen LogP contribution in [-0.2, 0) is 16.1 Å². The number of nitro groups is 1. The molecule has 1 unspecified atom stereocenters. The second kappa shape index (κ2) is 5.92. The molecule has 3 N–H and O–H groups in total. The highest BCUT2D eigenvalue weighted by atomic mass is 16.6. The molecule has 0 aliphatic carbocycles. The number of carboxylic acid groups (broad SMARTS) is 1. The molecular weight excluding hydrogens is 228 g/mol. The van der Waals surface area contributed by atoms with Gasteiger partial charge in [-0.25, -0.2) is 0 Å². The third kappa shape index (κ3) is 4.17. The van der Waals surface area contributed by atoms with Crippen LogP contribution in [0.3, 0.4) is 0 Å². The van der Waals surface area contributed by atoms with Crippen LogP contribution in [0.1, 0.15) is 5.56 Å². The third-order valence-electron chi connectivity index (χ3n) is 2.03. The van der Waals surface area contributed by atoms with Gasteiger partial charge >= 0.3 is 5.97 Å². The fraction of sp³-hybridized carbons (Fsp3) is 0.300. The number of nitrogens with two attached hydrogens (primary N) is 1. The fourth-order valence-electron chi connectivity index (χ4n) is 1.09. The van der Waals surface area contributed by atoms with Gasteiger partial charge in [0.05, 0.1) is 18.1 Å². The van der Waals surface area contributed by atoms with Crippen LogP contribution in [0, 0.1) is 10.1 Å². The first-order chi connectivity index (χ1) is 8.00. The van der Waals surface area contributed by atoms with Gasteiger partial charge in [0.15, 0.2) is 0 Å². The maximum atomic E-state index is 10.4. The minimum Gasteiger partial charge on any atom is -0.480 e. The van der Waals surface area contributed by atoms with Crippen molar-refractivity contribution in [2.75, 3.05) is 6.61 Å². The van der Waals surface area contributed by atoms with Gasteiger partial charge in [-0.2, -0.15) is 0 Å². The molecule has 0 saturated carbocycles. The van der Waals surface area contributed by atoms with Crippen LogP contribution in [-0.4, -0.2) is 28.6 Å². The number of nitro benzene ring substituents is 1. The number of non-ortho nitro benzene ring substituents is 1. The van der Waals surface area contributed by atoms with Gasteiger partial charge in [0.1, 0.15) is 6.04 Å². The Morgan fingerprint density at radius 3 is 2.53 bits per heavy atom. The molecule has 1 aromatic carbocycles. The number of hydrogen-bond donors (Lipinski definition) is 2. The molecular formula is C10H12N2O5. The van der Waals surface area contributed by atoms with Crippen LogP contribution in [0.15, 0.2) is 24.3 Å². The van der Waals surface area contributed by atoms with E-state index in [4.69, 9.17) is 15.6 Å². The molecule has 0 heterocycles. The lowest BCUT2D eigenvalue weighted by Gasteiger charge is -2.07. The summed E-state index contributed by atoms with van der Waals surface area (Å²) in [6.07, 6.45) is 0. The van der Waals surface area contributed by atoms with Crippen LogP contribution in [0.25, 0.3) is 0 Å². The Balaban J connectivity index is 2.42. The zero-order chi connectivity index (χ0) is 12.8. The summed E-state index contributed by atoms with van der Waals surface area (Å²) in [5, 5.41) is 18.9. The Morgan fingerprint density at radius 1 is 1.47 bits per heavy atom. The molecule has 0 saturated heterocycles. The Hall–Kier alpha value is -1.99. The van der Waals surface area contributed by atoms with E-state index in [1.54, 1.807) is 12.1 Å². The van der Waals surface area contributed by atoms with Crippen molar-refractivity contribution in [3.63, 3.8) is 0 Å². The summed E-state index contributed by atoms with van der Waals surface area (Å²) < 4.78 is 5.07. The van der Waals surface area contributed by atoms with E-state index in [0.29, 0.717) is 5.56 Å². The number of rotatable bonds is 6. The smallest absolute Gasteiger partial charge is 0.322 e. The molecule has 7 heteroatoms. The van der Waals surface area contributed by atoms with Crippen LogP contribution >= 0.6 is 0 Å². The summed E-state index contributed by atoms with van der Waals surface area (Å²) in [6.45, 7) is 0.0608. The maximum Gasteiger partial charge on any atom is 0.322 e. The van der Waals surface area contributed by atoms with Crippen molar-refractivity contribution in [3.8, 4) is 0 Å². The van der Waals surface area contributed by atoms with Gasteiger partial charge in [-0.15, -0.1) is 0 Å². The summed E-state index contributed by atoms with van der Waals surface area (Å²) >= 11 is 0. The average Bonchev–Trinajstić information content (AvgIpc) is 2.29. The number of ether oxygens (including phenoxy) is 1. The molecule has 0 aliphatic heterocycles. The first-order valence-corrected chi connectivity index (χ1v) is 4.80. The molecule has 92 valence electrons. The fourth-order valence-corrected chi connectivity index (χ4v) is 1.09. The lowest BCUT2D eigenvalue weighted by atomic mass is 10.2. The van der Waals surface area contributed by atoms with Gasteiger partial charge in [0.25, 0.3) is 5.69 Å². The van der Waals surface area contributed by atoms with Gasteiger partial charge in [0.2, 0.25) is 0 Å². The van der Waals surface area contributed by atoms with Crippen molar-refractivity contribution in [2.45, 2.75) is 12.6 Å². The maximum absolute atomic E-state index is 10.4. The summed E-state index contributed by atoms with van der Waals surface area (Å²) in [4.78, 5) is 20.3. The summed E-state index contributed by atoms with van der Waals surface area (Å²) in [5.74, 6) is -1.13. The summed E-state index contributed by atoms with van der Waals surface area (Å²) in [6, 6.07) is 4.74. The predicted molar refractivity (Wildman–Crippen MR) is 58.4 cm³/mol. The third-order valence-corrected chi connectivity index (χ3v) is 2.03. The van der Waals surface area contributed by atoms with Gasteiger partial charge in [0, 0.05) is 12.1 Å². The highest BCUT2D eigenvalue weighted by molar-refractivity contribution is 5.73. The van der Waals surface area contributed by atoms with Crippen LogP contribution in [0.5, 0.6) is 0 Å². The molecule has 0 bridgehead atoms. The van der Waals surface area contributed by atoms with Crippen molar-refractivity contribution in [3.05, 3.63) is 39.9 Å². The lowest BCUT2D eigenvalue weighted by Crippen LogP contribution is -2.34. The van der Waals surface area contributed by atoms with Crippen molar-refractivity contribution >= 4 is 11.7 Å². The van der Waals surface area contributed by atoms with Crippen LogP contribution in [0.4, 0.5) is 5.69 Å². The number of carboxylic acids is 1. The Kier molecular flexibility index (Phi) is 4.56. The second-order valence-electron chi connectivity index (χ2n) is 3.38. The average molecular weight is 240 g/mol. The molecule has 1 aromatic rings. The number of nitrogens with zero attached hydrogens (tertiary/aromatic N) is 1. The van der Waals surface area contributed by atoms with Crippen LogP contribution < -0.4 is 5.73 Å². The quantitative estimate of drug-likeness (QED) is 0.553. The highest BCUT2D eigenvalue weighted by Gasteiger charge is 2.11. The van der Waals surface area contributed by atoms with Crippen molar-refractivity contribution < 1.29 is 19.6 Å². The molecule has 1 atom stereocenters. The van der Waals surface area contributed by atoms with E-state index in [-0.39, 0.29) is 18.9 Å². The molecule has 0 radical (unpaired) electrons. The van der Waals surface area contributed by atoms with Crippen LogP contribution in [0.2, 0.25) is 0 Å². The van der Waals surface area contributed by atoms with Gasteiger partial charge in [-0.05, 0) is 17.7 Å². The number of carbonyl (C=O) groups is 1. The first kappa shape index (κ1) is 13.1. The normalized spacial score (nSPS) is 12.1. The zero-order valence-corrected chi connectivity index (χ0v) is 8.91. The molecule has 0 fully saturated rings. The minimum absolute atomic E-state index is 0.00372. The van der Waals surface area contributed by atoms with Crippen molar-refractivity contribution in [2.24, 2.45) is 5.73 Å². The second-order valence-corrected chi connectivity index (χ2v) is 3.38. The molecule has 1 rings (SSSR count). The summed E-state index contributed by atoms with van der Waals surface area (Å²) in [5.41, 5.74) is 5.94. The highest BCUT2D eigenvalue weighted by Crippen LogP contribution is 2.12. The Bertz CT molecular complexity index is 404. The SMILES string of the molecule is NC(COCc1ccc([N+](=O)[O-])cc1)C(=O)O. The van der Waals surface area contributed by atoms with Gasteiger partial charge < -0.3 is 15.6 Å². The number of benzene rings is 1. The number of hydrogen-bond acceptors (Lipinski definition) is 5. The first-order valence-electron chi connectivity index (χ1n) is 4.80. The summed E-state index contributed by atoms with van der Waals surface area (Å²) in [7, 11) is 0. The van der Waals surface area contributed by atoms with E-state index >= 15 is 0 Å². The Morgan fingerprint density at radius 2 is 2.06 bits per heavy atom. The minimum atomic E-state index is -1.13. The van der Waals surface area contributed by atoms with E-state index in [1.807, 2.05) is 0 Å². The molecule has 0 aliphatic rings. The van der Waals surface area contributed by atoms with Crippen molar-refractivity contribution in [1.82, 2.24) is 0 Å². The lowest BCUT2D eigenvalue weighted by molar-refractivity contribution is -0.384. The topological polar surface area (TPSA) is 116 Å². The molecule has 0 aromatic heterocycles. The Labute approximate surface area is 97.0 Å².